The fourth-order valence-electron chi connectivity index (χ4n) is 2.99. The number of hydrogen-bond acceptors (Lipinski definition) is 2. The van der Waals surface area contributed by atoms with Crippen molar-refractivity contribution in [2.75, 3.05) is 0 Å². The summed E-state index contributed by atoms with van der Waals surface area (Å²) < 4.78 is 6.41. The molecule has 0 spiro atoms. The molecule has 0 radical (unpaired) electrons. The van der Waals surface area contributed by atoms with E-state index in [1.807, 2.05) is 30.3 Å². The lowest BCUT2D eigenvalue weighted by atomic mass is 10.0. The van der Waals surface area contributed by atoms with Crippen molar-refractivity contribution < 1.29 is 9.53 Å². The monoisotopic (exact) mass is 373 g/mol. The van der Waals surface area contributed by atoms with Crippen molar-refractivity contribution in [1.29, 1.82) is 0 Å². The van der Waals surface area contributed by atoms with Crippen LogP contribution in [0.4, 0.5) is 4.79 Å². The summed E-state index contributed by atoms with van der Waals surface area (Å²) in [6.45, 7) is 0.307. The molecule has 0 saturated carbocycles. The van der Waals surface area contributed by atoms with Crippen LogP contribution in [-0.4, -0.2) is 12.1 Å². The molecule has 1 amide bonds. The van der Waals surface area contributed by atoms with E-state index in [-0.39, 0.29) is 12.1 Å². The van der Waals surface area contributed by atoms with Crippen molar-refractivity contribution in [2.45, 2.75) is 38.3 Å². The second kappa shape index (κ2) is 7.64. The number of ether oxygens (including phenoxy) is 1. The SMILES string of the molecule is O=C(NC1CCCc2ccc(Br)cc2C1)OCc1ccccc1. The first-order valence-electron chi connectivity index (χ1n) is 7.95. The number of alkyl carbamates (subject to hydrolysis) is 1. The van der Waals surface area contributed by atoms with Gasteiger partial charge in [-0.25, -0.2) is 4.79 Å². The molecule has 0 bridgehead atoms. The smallest absolute Gasteiger partial charge is 0.407 e. The highest BCUT2D eigenvalue weighted by molar-refractivity contribution is 9.10. The Balaban J connectivity index is 1.56. The van der Waals surface area contributed by atoms with Crippen molar-refractivity contribution in [3.8, 4) is 0 Å². The van der Waals surface area contributed by atoms with Crippen LogP contribution in [0, 0.1) is 0 Å². The first kappa shape index (κ1) is 16.1. The van der Waals surface area contributed by atoms with Gasteiger partial charge in [-0.05, 0) is 54.5 Å². The molecule has 0 heterocycles. The third-order valence-corrected chi connectivity index (χ3v) is 4.66. The van der Waals surface area contributed by atoms with Crippen LogP contribution in [0.25, 0.3) is 0 Å². The lowest BCUT2D eigenvalue weighted by Gasteiger charge is -2.17. The van der Waals surface area contributed by atoms with Gasteiger partial charge in [-0.2, -0.15) is 0 Å². The van der Waals surface area contributed by atoms with Gasteiger partial charge in [0.2, 0.25) is 0 Å². The molecule has 0 aromatic heterocycles. The van der Waals surface area contributed by atoms with Gasteiger partial charge in [0.1, 0.15) is 6.61 Å². The van der Waals surface area contributed by atoms with Crippen LogP contribution in [0.15, 0.2) is 53.0 Å². The van der Waals surface area contributed by atoms with E-state index in [1.54, 1.807) is 0 Å². The Kier molecular flexibility index (Phi) is 5.34. The molecule has 1 atom stereocenters. The number of aryl methyl sites for hydroxylation is 1. The minimum absolute atomic E-state index is 0.133. The van der Waals surface area contributed by atoms with Crippen molar-refractivity contribution in [2.24, 2.45) is 0 Å². The van der Waals surface area contributed by atoms with E-state index in [0.29, 0.717) is 6.61 Å². The largest absolute Gasteiger partial charge is 0.445 e. The van der Waals surface area contributed by atoms with Crippen molar-refractivity contribution in [1.82, 2.24) is 5.32 Å². The minimum Gasteiger partial charge on any atom is -0.445 e. The molecule has 0 aliphatic heterocycles. The molecule has 3 rings (SSSR count). The molecule has 0 saturated heterocycles. The molecule has 2 aromatic rings. The Hall–Kier alpha value is -1.81. The normalized spacial score (nSPS) is 17.0. The Morgan fingerprint density at radius 1 is 1.17 bits per heavy atom. The van der Waals surface area contributed by atoms with E-state index in [0.717, 1.165) is 35.7 Å². The average molecular weight is 374 g/mol. The van der Waals surface area contributed by atoms with Crippen LogP contribution in [0.5, 0.6) is 0 Å². The first-order valence-corrected chi connectivity index (χ1v) is 8.74. The third kappa shape index (κ3) is 4.58. The fourth-order valence-corrected chi connectivity index (χ4v) is 3.40. The lowest BCUT2D eigenvalue weighted by Crippen LogP contribution is -2.36. The quantitative estimate of drug-likeness (QED) is 0.796. The Labute approximate surface area is 145 Å². The van der Waals surface area contributed by atoms with Crippen LogP contribution in [-0.2, 0) is 24.2 Å². The summed E-state index contributed by atoms with van der Waals surface area (Å²) in [5, 5.41) is 3.01. The van der Waals surface area contributed by atoms with Crippen LogP contribution < -0.4 is 5.32 Å². The van der Waals surface area contributed by atoms with Gasteiger partial charge in [0.05, 0.1) is 0 Å². The predicted molar refractivity (Wildman–Crippen MR) is 94.3 cm³/mol. The number of rotatable bonds is 3. The fraction of sp³-hybridized carbons (Fsp3) is 0.316. The zero-order valence-corrected chi connectivity index (χ0v) is 14.5. The number of nitrogens with one attached hydrogen (secondary N) is 1. The highest BCUT2D eigenvalue weighted by Crippen LogP contribution is 2.24. The van der Waals surface area contributed by atoms with Gasteiger partial charge >= 0.3 is 6.09 Å². The number of halogens is 1. The van der Waals surface area contributed by atoms with E-state index < -0.39 is 0 Å². The van der Waals surface area contributed by atoms with Crippen LogP contribution in [0.3, 0.4) is 0 Å². The van der Waals surface area contributed by atoms with E-state index in [9.17, 15) is 4.79 Å². The molecule has 2 aromatic carbocycles. The maximum absolute atomic E-state index is 12.0. The van der Waals surface area contributed by atoms with Gasteiger partial charge in [0.25, 0.3) is 0 Å². The summed E-state index contributed by atoms with van der Waals surface area (Å²) in [5.74, 6) is 0. The van der Waals surface area contributed by atoms with Crippen LogP contribution in [0.1, 0.15) is 29.5 Å². The molecular formula is C19H20BrNO2. The molecule has 1 aliphatic rings. The topological polar surface area (TPSA) is 38.3 Å². The molecule has 4 heteroatoms. The van der Waals surface area contributed by atoms with E-state index >= 15 is 0 Å². The number of benzene rings is 2. The Morgan fingerprint density at radius 3 is 2.83 bits per heavy atom. The molecule has 3 nitrogen and oxygen atoms in total. The summed E-state index contributed by atoms with van der Waals surface area (Å²) in [4.78, 5) is 12.0. The second-order valence-corrected chi connectivity index (χ2v) is 6.83. The maximum atomic E-state index is 12.0. The molecule has 0 fully saturated rings. The molecule has 1 N–H and O–H groups in total. The summed E-state index contributed by atoms with van der Waals surface area (Å²) >= 11 is 3.53. The number of amides is 1. The number of carbonyl (C=O) groups is 1. The van der Waals surface area contributed by atoms with Gasteiger partial charge < -0.3 is 10.1 Å². The zero-order valence-electron chi connectivity index (χ0n) is 12.9. The van der Waals surface area contributed by atoms with E-state index in [4.69, 9.17) is 4.74 Å². The highest BCUT2D eigenvalue weighted by atomic mass is 79.9. The summed E-state index contributed by atoms with van der Waals surface area (Å²) in [7, 11) is 0. The van der Waals surface area contributed by atoms with Gasteiger partial charge in [0.15, 0.2) is 0 Å². The van der Waals surface area contributed by atoms with E-state index in [1.165, 1.54) is 11.1 Å². The standard InChI is InChI=1S/C19H20BrNO2/c20-17-10-9-15-7-4-8-18(12-16(15)11-17)21-19(22)23-13-14-5-2-1-3-6-14/h1-3,5-6,9-11,18H,4,7-8,12-13H2,(H,21,22). The third-order valence-electron chi connectivity index (χ3n) is 4.17. The number of carbonyl (C=O) groups excluding carboxylic acids is 1. The van der Waals surface area contributed by atoms with Gasteiger partial charge in [-0.1, -0.05) is 52.3 Å². The summed E-state index contributed by atoms with van der Waals surface area (Å²) in [6.07, 6.45) is 3.65. The summed E-state index contributed by atoms with van der Waals surface area (Å²) in [5.41, 5.74) is 3.69. The number of fused-ring (bicyclic) bond motifs is 1. The van der Waals surface area contributed by atoms with Gasteiger partial charge in [-0.15, -0.1) is 0 Å². The number of hydrogen-bond donors (Lipinski definition) is 1. The van der Waals surface area contributed by atoms with E-state index in [2.05, 4.69) is 39.4 Å². The highest BCUT2D eigenvalue weighted by Gasteiger charge is 2.19. The second-order valence-electron chi connectivity index (χ2n) is 5.91. The Morgan fingerprint density at radius 2 is 2.00 bits per heavy atom. The predicted octanol–water partition coefficient (Wildman–Crippen LogP) is 4.62. The maximum Gasteiger partial charge on any atom is 0.407 e. The van der Waals surface area contributed by atoms with Crippen LogP contribution >= 0.6 is 15.9 Å². The molecule has 23 heavy (non-hydrogen) atoms. The van der Waals surface area contributed by atoms with Gasteiger partial charge in [-0.3, -0.25) is 0 Å². The average Bonchev–Trinajstić information content (AvgIpc) is 2.75. The molecule has 1 aliphatic carbocycles. The van der Waals surface area contributed by atoms with Crippen molar-refractivity contribution >= 4 is 22.0 Å². The lowest BCUT2D eigenvalue weighted by molar-refractivity contribution is 0.135. The molecule has 120 valence electrons. The minimum atomic E-state index is -0.336. The van der Waals surface area contributed by atoms with Gasteiger partial charge in [0, 0.05) is 10.5 Å². The first-order chi connectivity index (χ1) is 11.2. The zero-order chi connectivity index (χ0) is 16.1. The van der Waals surface area contributed by atoms with Crippen molar-refractivity contribution in [3.05, 3.63) is 69.7 Å². The molecular weight excluding hydrogens is 354 g/mol. The Bertz CT molecular complexity index is 672. The summed E-state index contributed by atoms with van der Waals surface area (Å²) in [6, 6.07) is 16.3. The molecule has 1 unspecified atom stereocenters. The van der Waals surface area contributed by atoms with Crippen LogP contribution in [0.2, 0.25) is 0 Å². The van der Waals surface area contributed by atoms with Crippen molar-refractivity contribution in [3.63, 3.8) is 0 Å².